The molecule has 0 heterocycles. The van der Waals surface area contributed by atoms with E-state index in [1.807, 2.05) is 0 Å². The third-order valence-corrected chi connectivity index (χ3v) is 10.9. The Kier molecular flexibility index (Phi) is 6.62. The monoisotopic (exact) mass is 436 g/mol. The van der Waals surface area contributed by atoms with Crippen LogP contribution in [0.15, 0.2) is 0 Å². The smallest absolute Gasteiger partial charge is 0.0602 e. The van der Waals surface area contributed by atoms with Crippen molar-refractivity contribution >= 4 is 0 Å². The lowest BCUT2D eigenvalue weighted by atomic mass is 9.43. The van der Waals surface area contributed by atoms with Gasteiger partial charge in [-0.15, -0.1) is 0 Å². The van der Waals surface area contributed by atoms with Gasteiger partial charge in [0, 0.05) is 0 Å². The summed E-state index contributed by atoms with van der Waals surface area (Å²) in [5.41, 5.74) is -0.0426. The Labute approximate surface area is 189 Å². The molecule has 0 aromatic heterocycles. The maximum absolute atomic E-state index is 11.6. The topological polar surface area (TPSA) is 80.9 Å². The maximum atomic E-state index is 11.6. The van der Waals surface area contributed by atoms with Gasteiger partial charge in [-0.2, -0.15) is 0 Å². The zero-order valence-corrected chi connectivity index (χ0v) is 20.5. The zero-order chi connectivity index (χ0) is 22.7. The zero-order valence-electron chi connectivity index (χ0n) is 20.5. The number of rotatable bonds is 5. The van der Waals surface area contributed by atoms with Gasteiger partial charge in [-0.05, 0) is 110 Å². The van der Waals surface area contributed by atoms with Crippen LogP contribution in [0, 0.1) is 52.3 Å². The second-order valence-corrected chi connectivity index (χ2v) is 13.0. The van der Waals surface area contributed by atoms with E-state index in [4.69, 9.17) is 0 Å². The molecule has 4 rings (SSSR count). The molecule has 0 aromatic carbocycles. The van der Waals surface area contributed by atoms with E-state index < -0.39 is 0 Å². The summed E-state index contributed by atoms with van der Waals surface area (Å²) < 4.78 is 0. The highest BCUT2D eigenvalue weighted by Crippen LogP contribution is 2.68. The Hall–Kier alpha value is -0.160. The molecule has 0 aromatic rings. The van der Waals surface area contributed by atoms with Crippen LogP contribution in [0.25, 0.3) is 0 Å². The van der Waals surface area contributed by atoms with Crippen molar-refractivity contribution in [1.82, 2.24) is 0 Å². The molecule has 4 fully saturated rings. The minimum Gasteiger partial charge on any atom is -0.393 e. The summed E-state index contributed by atoms with van der Waals surface area (Å²) in [5, 5.41) is 43.8. The second kappa shape index (κ2) is 8.56. The number of aliphatic hydroxyl groups is 4. The fraction of sp³-hybridized carbons (Fsp3) is 1.00. The number of aliphatic hydroxyl groups excluding tert-OH is 4. The van der Waals surface area contributed by atoms with Crippen LogP contribution in [0.5, 0.6) is 0 Å². The molecule has 0 saturated heterocycles. The molecule has 4 aliphatic rings. The fourth-order valence-electron chi connectivity index (χ4n) is 9.37. The molecule has 4 saturated carbocycles. The standard InChI is InChI=1S/C27H48O4/c1-15(2)10-19(29)11-16(3)20-6-7-21-25-22(14-24(31)27(20,21)5)26(4)9-8-18(28)12-17(26)13-23(25)30/h15-25,28-31H,6-14H2,1-5H3/t16-,17+,18-,19?,20-,21+,22+,23-,24+,25+,26+,27-/m1/s1. The van der Waals surface area contributed by atoms with Crippen LogP contribution in [0.3, 0.4) is 0 Å². The third-order valence-electron chi connectivity index (χ3n) is 10.9. The Morgan fingerprint density at radius 3 is 2.26 bits per heavy atom. The molecule has 4 aliphatic carbocycles. The minimum absolute atomic E-state index is 0.128. The van der Waals surface area contributed by atoms with Gasteiger partial charge in [-0.3, -0.25) is 0 Å². The average molecular weight is 437 g/mol. The molecule has 12 atom stereocenters. The summed E-state index contributed by atoms with van der Waals surface area (Å²) in [7, 11) is 0. The molecule has 4 nitrogen and oxygen atoms in total. The van der Waals surface area contributed by atoms with Gasteiger partial charge in [0.15, 0.2) is 0 Å². The van der Waals surface area contributed by atoms with Crippen LogP contribution < -0.4 is 0 Å². The number of hydrogen-bond acceptors (Lipinski definition) is 4. The average Bonchev–Trinajstić information content (AvgIpc) is 3.02. The van der Waals surface area contributed by atoms with E-state index in [1.54, 1.807) is 0 Å². The minimum atomic E-state index is -0.342. The van der Waals surface area contributed by atoms with Gasteiger partial charge in [0.25, 0.3) is 0 Å². The first-order chi connectivity index (χ1) is 14.5. The lowest BCUT2D eigenvalue weighted by Gasteiger charge is -2.63. The summed E-state index contributed by atoms with van der Waals surface area (Å²) in [4.78, 5) is 0. The Bertz CT molecular complexity index is 637. The lowest BCUT2D eigenvalue weighted by Crippen LogP contribution is -2.62. The quantitative estimate of drug-likeness (QED) is 0.515. The van der Waals surface area contributed by atoms with Crippen LogP contribution >= 0.6 is 0 Å². The van der Waals surface area contributed by atoms with Gasteiger partial charge in [0.1, 0.15) is 0 Å². The molecule has 4 heteroatoms. The first kappa shape index (κ1) is 24.0. The molecule has 0 spiro atoms. The molecule has 180 valence electrons. The SMILES string of the molecule is CC(C)CC(O)C[C@@H](C)[C@H]1CC[C@H]2[C@@H]3[C@H](O)C[C@@H]4C[C@H](O)CC[C@]4(C)[C@H]3C[C@H](O)[C@]12C. The number of hydrogen-bond donors (Lipinski definition) is 4. The van der Waals surface area contributed by atoms with Crippen LogP contribution in [0.4, 0.5) is 0 Å². The molecule has 1 unspecified atom stereocenters. The Balaban J connectivity index is 1.56. The normalized spacial score (nSPS) is 51.7. The van der Waals surface area contributed by atoms with E-state index in [9.17, 15) is 20.4 Å². The molecule has 31 heavy (non-hydrogen) atoms. The summed E-state index contributed by atoms with van der Waals surface area (Å²) in [6, 6.07) is 0. The predicted molar refractivity (Wildman–Crippen MR) is 123 cm³/mol. The molecule has 0 aliphatic heterocycles. The van der Waals surface area contributed by atoms with Crippen molar-refractivity contribution in [3.05, 3.63) is 0 Å². The van der Waals surface area contributed by atoms with E-state index in [0.717, 1.165) is 57.8 Å². The highest BCUT2D eigenvalue weighted by Gasteiger charge is 2.65. The van der Waals surface area contributed by atoms with Gasteiger partial charge < -0.3 is 20.4 Å². The van der Waals surface area contributed by atoms with Crippen LogP contribution in [0.2, 0.25) is 0 Å². The highest BCUT2D eigenvalue weighted by molar-refractivity contribution is 5.14. The predicted octanol–water partition coefficient (Wildman–Crippen LogP) is 4.38. The largest absolute Gasteiger partial charge is 0.393 e. The number of fused-ring (bicyclic) bond motifs is 5. The summed E-state index contributed by atoms with van der Waals surface area (Å²) >= 11 is 0. The van der Waals surface area contributed by atoms with Crippen LogP contribution in [0.1, 0.15) is 92.4 Å². The van der Waals surface area contributed by atoms with Crippen molar-refractivity contribution in [3.63, 3.8) is 0 Å². The summed E-state index contributed by atoms with van der Waals surface area (Å²) in [5.74, 6) is 2.62. The molecular weight excluding hydrogens is 388 g/mol. The van der Waals surface area contributed by atoms with Crippen LogP contribution in [-0.4, -0.2) is 44.8 Å². The lowest BCUT2D eigenvalue weighted by molar-refractivity contribution is -0.207. The van der Waals surface area contributed by atoms with Crippen molar-refractivity contribution in [1.29, 1.82) is 0 Å². The van der Waals surface area contributed by atoms with Crippen molar-refractivity contribution in [2.75, 3.05) is 0 Å². The molecule has 0 bridgehead atoms. The van der Waals surface area contributed by atoms with Gasteiger partial charge in [-0.1, -0.05) is 34.6 Å². The Morgan fingerprint density at radius 1 is 0.871 bits per heavy atom. The van der Waals surface area contributed by atoms with Crippen molar-refractivity contribution < 1.29 is 20.4 Å². The summed E-state index contributed by atoms with van der Waals surface area (Å²) in [6.07, 6.45) is 6.98. The summed E-state index contributed by atoms with van der Waals surface area (Å²) in [6.45, 7) is 11.3. The van der Waals surface area contributed by atoms with Crippen molar-refractivity contribution in [2.45, 2.75) is 117 Å². The van der Waals surface area contributed by atoms with E-state index in [-0.39, 0.29) is 41.2 Å². The second-order valence-electron chi connectivity index (χ2n) is 13.0. The van der Waals surface area contributed by atoms with E-state index in [2.05, 4.69) is 34.6 Å². The molecular formula is C27H48O4. The van der Waals surface area contributed by atoms with Gasteiger partial charge in [0.2, 0.25) is 0 Å². The van der Waals surface area contributed by atoms with Crippen LogP contribution in [-0.2, 0) is 0 Å². The Morgan fingerprint density at radius 2 is 1.58 bits per heavy atom. The maximum Gasteiger partial charge on any atom is 0.0602 e. The van der Waals surface area contributed by atoms with Gasteiger partial charge in [-0.25, -0.2) is 0 Å². The molecule has 4 N–H and O–H groups in total. The molecule has 0 radical (unpaired) electrons. The highest BCUT2D eigenvalue weighted by atomic mass is 16.3. The van der Waals surface area contributed by atoms with E-state index in [0.29, 0.717) is 35.5 Å². The first-order valence-electron chi connectivity index (χ1n) is 13.2. The third kappa shape index (κ3) is 3.92. The molecule has 0 amide bonds. The fourth-order valence-corrected chi connectivity index (χ4v) is 9.37. The van der Waals surface area contributed by atoms with Gasteiger partial charge >= 0.3 is 0 Å². The van der Waals surface area contributed by atoms with E-state index >= 15 is 0 Å². The van der Waals surface area contributed by atoms with Gasteiger partial charge in [0.05, 0.1) is 24.4 Å². The van der Waals surface area contributed by atoms with E-state index in [1.165, 1.54) is 0 Å². The van der Waals surface area contributed by atoms with Crippen molar-refractivity contribution in [3.8, 4) is 0 Å². The first-order valence-corrected chi connectivity index (χ1v) is 13.2. The van der Waals surface area contributed by atoms with Crippen molar-refractivity contribution in [2.24, 2.45) is 52.3 Å².